The zero-order valence-electron chi connectivity index (χ0n) is 7.04. The molecule has 0 saturated carbocycles. The summed E-state index contributed by atoms with van der Waals surface area (Å²) in [6.07, 6.45) is 1.19. The third-order valence-corrected chi connectivity index (χ3v) is 1.76. The van der Waals surface area contributed by atoms with Crippen molar-refractivity contribution in [3.63, 3.8) is 0 Å². The molecule has 1 aliphatic rings. The molecule has 0 aliphatic carbocycles. The summed E-state index contributed by atoms with van der Waals surface area (Å²) in [7, 11) is 0. The van der Waals surface area contributed by atoms with Gasteiger partial charge in [-0.15, -0.1) is 0 Å². The number of cyclic esters (lactones) is 1. The van der Waals surface area contributed by atoms with Crippen LogP contribution in [0.3, 0.4) is 0 Å². The van der Waals surface area contributed by atoms with Gasteiger partial charge in [-0.05, 0) is 6.42 Å². The van der Waals surface area contributed by atoms with E-state index in [1.54, 1.807) is 0 Å². The van der Waals surface area contributed by atoms with Crippen LogP contribution in [0.2, 0.25) is 0 Å². The summed E-state index contributed by atoms with van der Waals surface area (Å²) in [5, 5.41) is 0. The molecular weight excluding hydrogens is 160 g/mol. The molecule has 12 heavy (non-hydrogen) atoms. The SMILES string of the molecule is CC(=O)OC[C@@H]1CCC(=O)OC1. The summed E-state index contributed by atoms with van der Waals surface area (Å²) in [5.74, 6) is -0.257. The van der Waals surface area contributed by atoms with Gasteiger partial charge >= 0.3 is 11.9 Å². The van der Waals surface area contributed by atoms with Crippen molar-refractivity contribution in [2.24, 2.45) is 5.92 Å². The number of rotatable bonds is 2. The summed E-state index contributed by atoms with van der Waals surface area (Å²) >= 11 is 0. The largest absolute Gasteiger partial charge is 0.465 e. The molecule has 1 atom stereocenters. The molecule has 0 amide bonds. The summed E-state index contributed by atoms with van der Waals surface area (Å²) in [4.78, 5) is 21.0. The molecule has 68 valence electrons. The fraction of sp³-hybridized carbons (Fsp3) is 0.750. The van der Waals surface area contributed by atoms with Crippen molar-refractivity contribution in [3.05, 3.63) is 0 Å². The number of carbonyl (C=O) groups is 2. The first-order valence-electron chi connectivity index (χ1n) is 3.97. The molecule has 0 radical (unpaired) electrons. The Morgan fingerprint density at radius 3 is 3.00 bits per heavy atom. The van der Waals surface area contributed by atoms with E-state index in [0.29, 0.717) is 19.6 Å². The Morgan fingerprint density at radius 2 is 2.50 bits per heavy atom. The van der Waals surface area contributed by atoms with Gasteiger partial charge in [0.1, 0.15) is 0 Å². The third kappa shape index (κ3) is 2.90. The van der Waals surface area contributed by atoms with Crippen LogP contribution in [-0.2, 0) is 19.1 Å². The second-order valence-corrected chi connectivity index (χ2v) is 2.89. The lowest BCUT2D eigenvalue weighted by molar-refractivity contribution is -0.153. The number of esters is 2. The number of ether oxygens (including phenoxy) is 2. The quantitative estimate of drug-likeness (QED) is 0.569. The predicted molar refractivity (Wildman–Crippen MR) is 40.3 cm³/mol. The molecule has 1 heterocycles. The Bertz CT molecular complexity index is 177. The molecule has 4 heteroatoms. The van der Waals surface area contributed by atoms with E-state index in [1.165, 1.54) is 6.92 Å². The molecular formula is C8H12O4. The predicted octanol–water partition coefficient (Wildman–Crippen LogP) is 0.503. The highest BCUT2D eigenvalue weighted by Gasteiger charge is 2.20. The van der Waals surface area contributed by atoms with Gasteiger partial charge in [-0.25, -0.2) is 0 Å². The van der Waals surface area contributed by atoms with Crippen molar-refractivity contribution in [3.8, 4) is 0 Å². The van der Waals surface area contributed by atoms with Gasteiger partial charge in [0.15, 0.2) is 0 Å². The first-order chi connectivity index (χ1) is 5.68. The summed E-state index contributed by atoms with van der Waals surface area (Å²) in [5.41, 5.74) is 0. The average molecular weight is 172 g/mol. The molecule has 1 aliphatic heterocycles. The van der Waals surface area contributed by atoms with Gasteiger partial charge in [-0.3, -0.25) is 9.59 Å². The van der Waals surface area contributed by atoms with E-state index in [1.807, 2.05) is 0 Å². The number of hydrogen-bond acceptors (Lipinski definition) is 4. The van der Waals surface area contributed by atoms with E-state index in [9.17, 15) is 9.59 Å². The van der Waals surface area contributed by atoms with Crippen molar-refractivity contribution in [2.45, 2.75) is 19.8 Å². The van der Waals surface area contributed by atoms with E-state index in [0.717, 1.165) is 6.42 Å². The van der Waals surface area contributed by atoms with Crippen LogP contribution in [0.1, 0.15) is 19.8 Å². The summed E-state index contributed by atoms with van der Waals surface area (Å²) in [6.45, 7) is 2.11. The van der Waals surface area contributed by atoms with E-state index in [-0.39, 0.29) is 17.9 Å². The van der Waals surface area contributed by atoms with E-state index in [4.69, 9.17) is 9.47 Å². The minimum Gasteiger partial charge on any atom is -0.465 e. The van der Waals surface area contributed by atoms with Gasteiger partial charge in [0, 0.05) is 19.3 Å². The molecule has 1 rings (SSSR count). The Hall–Kier alpha value is -1.06. The van der Waals surface area contributed by atoms with Crippen LogP contribution in [0, 0.1) is 5.92 Å². The van der Waals surface area contributed by atoms with Crippen LogP contribution in [-0.4, -0.2) is 25.2 Å². The Morgan fingerprint density at radius 1 is 1.75 bits per heavy atom. The Kier molecular flexibility index (Phi) is 3.08. The maximum Gasteiger partial charge on any atom is 0.305 e. The van der Waals surface area contributed by atoms with Gasteiger partial charge in [0.2, 0.25) is 0 Å². The van der Waals surface area contributed by atoms with Crippen LogP contribution in [0.25, 0.3) is 0 Å². The lowest BCUT2D eigenvalue weighted by atomic mass is 10.0. The van der Waals surface area contributed by atoms with Gasteiger partial charge in [-0.1, -0.05) is 0 Å². The van der Waals surface area contributed by atoms with Crippen molar-refractivity contribution in [1.29, 1.82) is 0 Å². The standard InChI is InChI=1S/C8H12O4/c1-6(9)11-4-7-2-3-8(10)12-5-7/h7H,2-5H2,1H3/t7-/m0/s1. The molecule has 0 aromatic carbocycles. The molecule has 0 unspecified atom stereocenters. The highest BCUT2D eigenvalue weighted by molar-refractivity contribution is 5.70. The van der Waals surface area contributed by atoms with Gasteiger partial charge in [-0.2, -0.15) is 0 Å². The van der Waals surface area contributed by atoms with Crippen molar-refractivity contribution in [2.75, 3.05) is 13.2 Å². The maximum absolute atomic E-state index is 10.6. The van der Waals surface area contributed by atoms with E-state index in [2.05, 4.69) is 0 Å². The van der Waals surface area contributed by atoms with Crippen LogP contribution in [0.5, 0.6) is 0 Å². The minimum atomic E-state index is -0.285. The molecule has 0 bridgehead atoms. The van der Waals surface area contributed by atoms with Crippen LogP contribution >= 0.6 is 0 Å². The smallest absolute Gasteiger partial charge is 0.305 e. The van der Waals surface area contributed by atoms with E-state index >= 15 is 0 Å². The van der Waals surface area contributed by atoms with Gasteiger partial charge in [0.05, 0.1) is 13.2 Å². The molecule has 0 aromatic rings. The molecule has 4 nitrogen and oxygen atoms in total. The molecule has 1 fully saturated rings. The fourth-order valence-corrected chi connectivity index (χ4v) is 1.05. The monoisotopic (exact) mass is 172 g/mol. The average Bonchev–Trinajstić information content (AvgIpc) is 2.03. The zero-order valence-corrected chi connectivity index (χ0v) is 7.04. The normalized spacial score (nSPS) is 23.1. The number of carbonyl (C=O) groups excluding carboxylic acids is 2. The fourth-order valence-electron chi connectivity index (χ4n) is 1.05. The van der Waals surface area contributed by atoms with Crippen LogP contribution < -0.4 is 0 Å². The molecule has 0 N–H and O–H groups in total. The first kappa shape index (κ1) is 9.03. The van der Waals surface area contributed by atoms with Crippen molar-refractivity contribution in [1.82, 2.24) is 0 Å². The Labute approximate surface area is 70.8 Å². The molecule has 1 saturated heterocycles. The number of hydrogen-bond donors (Lipinski definition) is 0. The first-order valence-corrected chi connectivity index (χ1v) is 3.97. The van der Waals surface area contributed by atoms with E-state index < -0.39 is 0 Å². The molecule has 0 aromatic heterocycles. The van der Waals surface area contributed by atoms with Gasteiger partial charge < -0.3 is 9.47 Å². The second-order valence-electron chi connectivity index (χ2n) is 2.89. The lowest BCUT2D eigenvalue weighted by Gasteiger charge is -2.20. The summed E-state index contributed by atoms with van der Waals surface area (Å²) < 4.78 is 9.58. The van der Waals surface area contributed by atoms with Crippen LogP contribution in [0.15, 0.2) is 0 Å². The summed E-state index contributed by atoms with van der Waals surface area (Å²) in [6, 6.07) is 0. The highest BCUT2D eigenvalue weighted by atomic mass is 16.5. The van der Waals surface area contributed by atoms with Crippen molar-refractivity contribution < 1.29 is 19.1 Å². The maximum atomic E-state index is 10.6. The Balaban J connectivity index is 2.17. The highest BCUT2D eigenvalue weighted by Crippen LogP contribution is 2.14. The topological polar surface area (TPSA) is 52.6 Å². The second kappa shape index (κ2) is 4.09. The zero-order chi connectivity index (χ0) is 8.97. The minimum absolute atomic E-state index is 0.158. The van der Waals surface area contributed by atoms with Crippen molar-refractivity contribution >= 4 is 11.9 Å². The molecule has 0 spiro atoms. The third-order valence-electron chi connectivity index (χ3n) is 1.76. The lowest BCUT2D eigenvalue weighted by Crippen LogP contribution is -2.25. The van der Waals surface area contributed by atoms with Crippen LogP contribution in [0.4, 0.5) is 0 Å². The van der Waals surface area contributed by atoms with Gasteiger partial charge in [0.25, 0.3) is 0 Å².